The van der Waals surface area contributed by atoms with Gasteiger partial charge in [-0.15, -0.1) is 0 Å². The van der Waals surface area contributed by atoms with E-state index in [1.54, 1.807) is 22.6 Å². The van der Waals surface area contributed by atoms with Crippen molar-refractivity contribution in [3.05, 3.63) is 54.1 Å². The van der Waals surface area contributed by atoms with Crippen molar-refractivity contribution in [3.63, 3.8) is 0 Å². The second kappa shape index (κ2) is 6.76. The van der Waals surface area contributed by atoms with E-state index in [0.29, 0.717) is 6.54 Å². The zero-order valence-electron chi connectivity index (χ0n) is 13.2. The number of aromatic nitrogens is 2. The Morgan fingerprint density at radius 3 is 2.91 bits per heavy atom. The molecule has 2 aromatic heterocycles. The van der Waals surface area contributed by atoms with E-state index >= 15 is 0 Å². The van der Waals surface area contributed by atoms with Crippen LogP contribution in [0.4, 0.5) is 0 Å². The maximum Gasteiger partial charge on any atom is 0.244 e. The quantitative estimate of drug-likeness (QED) is 0.845. The Bertz CT molecular complexity index is 762. The molecule has 6 heteroatoms. The Hall–Kier alpha value is -1.79. The van der Waals surface area contributed by atoms with E-state index in [1.807, 2.05) is 19.2 Å². The lowest BCUT2D eigenvalue weighted by Crippen LogP contribution is -2.35. The van der Waals surface area contributed by atoms with E-state index in [1.165, 1.54) is 11.8 Å². The van der Waals surface area contributed by atoms with Crippen LogP contribution in [0.5, 0.6) is 0 Å². The van der Waals surface area contributed by atoms with Crippen LogP contribution >= 0.6 is 0 Å². The summed E-state index contributed by atoms with van der Waals surface area (Å²) in [6.07, 6.45) is 8.37. The summed E-state index contributed by atoms with van der Waals surface area (Å²) >= 11 is 0. The topological polar surface area (TPSA) is 63.2 Å². The normalized spacial score (nSPS) is 19.1. The first kappa shape index (κ1) is 16.1. The van der Waals surface area contributed by atoms with E-state index < -0.39 is 10.0 Å². The number of rotatable bonds is 5. The molecule has 122 valence electrons. The zero-order chi connectivity index (χ0) is 16.3. The van der Waals surface area contributed by atoms with Gasteiger partial charge in [-0.05, 0) is 62.4 Å². The molecule has 2 aromatic rings. The average molecular weight is 331 g/mol. The summed E-state index contributed by atoms with van der Waals surface area (Å²) in [7, 11) is -3.44. The van der Waals surface area contributed by atoms with E-state index in [4.69, 9.17) is 0 Å². The van der Waals surface area contributed by atoms with Crippen molar-refractivity contribution < 1.29 is 8.42 Å². The van der Waals surface area contributed by atoms with Crippen molar-refractivity contribution in [2.45, 2.75) is 43.5 Å². The molecule has 1 fully saturated rings. The van der Waals surface area contributed by atoms with Crippen molar-refractivity contribution >= 4 is 10.0 Å². The molecular weight excluding hydrogens is 310 g/mol. The highest BCUT2D eigenvalue weighted by Crippen LogP contribution is 2.28. The van der Waals surface area contributed by atoms with Gasteiger partial charge in [-0.3, -0.25) is 9.97 Å². The molecule has 0 spiro atoms. The lowest BCUT2D eigenvalue weighted by atomic mass is 10.0. The van der Waals surface area contributed by atoms with Crippen LogP contribution in [0.3, 0.4) is 0 Å². The number of sulfonamides is 1. The largest absolute Gasteiger partial charge is 0.263 e. The van der Waals surface area contributed by atoms with Crippen LogP contribution in [0.15, 0.2) is 47.8 Å². The highest BCUT2D eigenvalue weighted by molar-refractivity contribution is 7.89. The molecule has 0 saturated carbocycles. The third-order valence-electron chi connectivity index (χ3n) is 4.29. The third kappa shape index (κ3) is 3.59. The second-order valence-corrected chi connectivity index (χ2v) is 7.84. The first-order chi connectivity index (χ1) is 11.1. The Kier molecular flexibility index (Phi) is 4.73. The lowest BCUT2D eigenvalue weighted by molar-refractivity contribution is 0.370. The summed E-state index contributed by atoms with van der Waals surface area (Å²) < 4.78 is 27.2. The minimum Gasteiger partial charge on any atom is -0.263 e. The summed E-state index contributed by atoms with van der Waals surface area (Å²) in [6.45, 7) is 2.56. The molecule has 0 radical (unpaired) electrons. The predicted molar refractivity (Wildman–Crippen MR) is 88.4 cm³/mol. The molecule has 1 saturated heterocycles. The molecular formula is C17H21N3O2S. The average Bonchev–Trinajstić information content (AvgIpc) is 3.03. The van der Waals surface area contributed by atoms with Gasteiger partial charge in [0, 0.05) is 36.9 Å². The molecule has 0 amide bonds. The molecule has 0 N–H and O–H groups in total. The van der Waals surface area contributed by atoms with Gasteiger partial charge in [0.05, 0.1) is 0 Å². The lowest BCUT2D eigenvalue weighted by Gasteiger charge is -2.24. The van der Waals surface area contributed by atoms with E-state index in [9.17, 15) is 8.42 Å². The van der Waals surface area contributed by atoms with Gasteiger partial charge in [-0.25, -0.2) is 8.42 Å². The van der Waals surface area contributed by atoms with Crippen LogP contribution in [0.25, 0.3) is 0 Å². The van der Waals surface area contributed by atoms with Gasteiger partial charge in [-0.2, -0.15) is 4.31 Å². The van der Waals surface area contributed by atoms with Crippen LogP contribution in [0.2, 0.25) is 0 Å². The fourth-order valence-electron chi connectivity index (χ4n) is 3.14. The first-order valence-electron chi connectivity index (χ1n) is 7.91. The zero-order valence-corrected chi connectivity index (χ0v) is 14.0. The molecule has 23 heavy (non-hydrogen) atoms. The van der Waals surface area contributed by atoms with Gasteiger partial charge >= 0.3 is 0 Å². The highest BCUT2D eigenvalue weighted by Gasteiger charge is 2.34. The number of hydrogen-bond donors (Lipinski definition) is 0. The maximum atomic E-state index is 12.8. The van der Waals surface area contributed by atoms with Gasteiger partial charge in [0.15, 0.2) is 0 Å². The van der Waals surface area contributed by atoms with Gasteiger partial charge in [0.2, 0.25) is 10.0 Å². The molecule has 3 rings (SSSR count). The van der Waals surface area contributed by atoms with Crippen LogP contribution < -0.4 is 0 Å². The number of pyridine rings is 2. The second-order valence-electron chi connectivity index (χ2n) is 5.94. The monoisotopic (exact) mass is 331 g/mol. The molecule has 1 aliphatic rings. The van der Waals surface area contributed by atoms with Crippen LogP contribution in [0, 0.1) is 6.92 Å². The minimum absolute atomic E-state index is 0.0636. The van der Waals surface area contributed by atoms with Gasteiger partial charge in [0.1, 0.15) is 4.90 Å². The molecule has 3 heterocycles. The summed E-state index contributed by atoms with van der Waals surface area (Å²) in [6, 6.07) is 7.41. The molecule has 1 aliphatic heterocycles. The molecule has 0 aliphatic carbocycles. The summed E-state index contributed by atoms with van der Waals surface area (Å²) in [5.41, 5.74) is 2.21. The van der Waals surface area contributed by atoms with Gasteiger partial charge in [-0.1, -0.05) is 0 Å². The van der Waals surface area contributed by atoms with Crippen molar-refractivity contribution in [2.24, 2.45) is 0 Å². The summed E-state index contributed by atoms with van der Waals surface area (Å²) in [4.78, 5) is 8.42. The standard InChI is InChI=1S/C17H21N3O2S/c1-14-12-15(8-10-19-14)6-7-16-4-3-11-20(16)23(21,22)17-5-2-9-18-13-17/h2,5,8-10,12-13,16H,3-4,6-7,11H2,1H3/t16-/m1/s1. The first-order valence-corrected chi connectivity index (χ1v) is 9.35. The highest BCUT2D eigenvalue weighted by atomic mass is 32.2. The van der Waals surface area contributed by atoms with Crippen molar-refractivity contribution in [3.8, 4) is 0 Å². The van der Waals surface area contributed by atoms with E-state index in [2.05, 4.69) is 16.0 Å². The van der Waals surface area contributed by atoms with Crippen molar-refractivity contribution in [2.75, 3.05) is 6.54 Å². The Balaban J connectivity index is 1.73. The minimum atomic E-state index is -3.44. The molecule has 1 atom stereocenters. The number of nitrogens with zero attached hydrogens (tertiary/aromatic N) is 3. The smallest absolute Gasteiger partial charge is 0.244 e. The van der Waals surface area contributed by atoms with Gasteiger partial charge in [0.25, 0.3) is 0 Å². The molecule has 0 unspecified atom stereocenters. The number of hydrogen-bond acceptors (Lipinski definition) is 4. The van der Waals surface area contributed by atoms with Crippen LogP contribution in [-0.4, -0.2) is 35.3 Å². The summed E-state index contributed by atoms with van der Waals surface area (Å²) in [5, 5.41) is 0. The summed E-state index contributed by atoms with van der Waals surface area (Å²) in [5.74, 6) is 0. The maximum absolute atomic E-state index is 12.8. The Morgan fingerprint density at radius 2 is 2.17 bits per heavy atom. The predicted octanol–water partition coefficient (Wildman–Crippen LogP) is 2.57. The SMILES string of the molecule is Cc1cc(CC[C@H]2CCCN2S(=O)(=O)c2cccnc2)ccn1. The van der Waals surface area contributed by atoms with Crippen molar-refractivity contribution in [1.82, 2.24) is 14.3 Å². The molecule has 0 bridgehead atoms. The third-order valence-corrected chi connectivity index (χ3v) is 6.23. The Labute approximate surface area is 137 Å². The number of aryl methyl sites for hydroxylation is 2. The fraction of sp³-hybridized carbons (Fsp3) is 0.412. The van der Waals surface area contributed by atoms with E-state index in [0.717, 1.165) is 31.4 Å². The van der Waals surface area contributed by atoms with Crippen molar-refractivity contribution in [1.29, 1.82) is 0 Å². The van der Waals surface area contributed by atoms with Crippen LogP contribution in [-0.2, 0) is 16.4 Å². The Morgan fingerprint density at radius 1 is 1.30 bits per heavy atom. The van der Waals surface area contributed by atoms with Gasteiger partial charge < -0.3 is 0 Å². The van der Waals surface area contributed by atoms with Crippen LogP contribution in [0.1, 0.15) is 30.5 Å². The fourth-order valence-corrected chi connectivity index (χ4v) is 4.83. The van der Waals surface area contributed by atoms with E-state index in [-0.39, 0.29) is 10.9 Å². The molecule has 0 aromatic carbocycles. The molecule has 5 nitrogen and oxygen atoms in total.